The van der Waals surface area contributed by atoms with Crippen LogP contribution in [-0.2, 0) is 14.3 Å². The summed E-state index contributed by atoms with van der Waals surface area (Å²) in [6.07, 6.45) is 1.53. The van der Waals surface area contributed by atoms with Gasteiger partial charge in [-0.05, 0) is 76.8 Å². The molecule has 1 aliphatic carbocycles. The van der Waals surface area contributed by atoms with E-state index in [0.717, 1.165) is 12.0 Å². The molecule has 0 spiro atoms. The summed E-state index contributed by atoms with van der Waals surface area (Å²) < 4.78 is 10.5. The van der Waals surface area contributed by atoms with E-state index in [4.69, 9.17) is 9.47 Å². The molecule has 37 heavy (non-hydrogen) atoms. The van der Waals surface area contributed by atoms with Gasteiger partial charge in [-0.1, -0.05) is 29.8 Å². The summed E-state index contributed by atoms with van der Waals surface area (Å²) in [5.74, 6) is -0.296. The second-order valence-electron chi connectivity index (χ2n) is 10.2. The summed E-state index contributed by atoms with van der Waals surface area (Å²) in [6, 6.07) is 11.9. The molecule has 1 fully saturated rings. The van der Waals surface area contributed by atoms with E-state index >= 15 is 0 Å². The van der Waals surface area contributed by atoms with E-state index in [9.17, 15) is 19.5 Å². The van der Waals surface area contributed by atoms with Crippen LogP contribution in [0.1, 0.15) is 57.2 Å². The van der Waals surface area contributed by atoms with Crippen molar-refractivity contribution in [2.24, 2.45) is 0 Å². The van der Waals surface area contributed by atoms with Gasteiger partial charge in [-0.3, -0.25) is 9.59 Å². The Balaban J connectivity index is 1.95. The first-order valence-corrected chi connectivity index (χ1v) is 12.5. The highest BCUT2D eigenvalue weighted by atomic mass is 16.6. The number of aliphatic hydroxyl groups is 1. The van der Waals surface area contributed by atoms with Crippen LogP contribution in [0, 0.1) is 6.92 Å². The van der Waals surface area contributed by atoms with Gasteiger partial charge in [0.1, 0.15) is 23.4 Å². The van der Waals surface area contributed by atoms with Gasteiger partial charge in [-0.25, -0.2) is 4.79 Å². The van der Waals surface area contributed by atoms with Crippen molar-refractivity contribution < 1.29 is 29.0 Å². The maximum Gasteiger partial charge on any atom is 0.408 e. The lowest BCUT2D eigenvalue weighted by Gasteiger charge is -2.43. The number of benzene rings is 2. The van der Waals surface area contributed by atoms with Crippen molar-refractivity contribution in [2.75, 3.05) is 19.0 Å². The van der Waals surface area contributed by atoms with Crippen LogP contribution >= 0.6 is 0 Å². The SMILES string of the molecule is COc1ccc(NC(=O)C(c2ccc(C)cc2)N(C(=O)C(CO)NC(=O)OC(C)(C)C)C2CCC2)cc1. The van der Waals surface area contributed by atoms with Crippen molar-refractivity contribution in [3.8, 4) is 5.75 Å². The Kier molecular flexibility index (Phi) is 9.15. The third-order valence-corrected chi connectivity index (χ3v) is 6.17. The van der Waals surface area contributed by atoms with Crippen molar-refractivity contribution in [1.29, 1.82) is 0 Å². The highest BCUT2D eigenvalue weighted by Gasteiger charge is 2.42. The molecule has 1 saturated carbocycles. The molecule has 2 atom stereocenters. The average molecular weight is 512 g/mol. The molecule has 200 valence electrons. The summed E-state index contributed by atoms with van der Waals surface area (Å²) in [7, 11) is 1.56. The summed E-state index contributed by atoms with van der Waals surface area (Å²) >= 11 is 0. The Bertz CT molecular complexity index is 1070. The quantitative estimate of drug-likeness (QED) is 0.469. The van der Waals surface area contributed by atoms with Crippen LogP contribution in [0.5, 0.6) is 5.75 Å². The van der Waals surface area contributed by atoms with E-state index in [2.05, 4.69) is 10.6 Å². The van der Waals surface area contributed by atoms with Gasteiger partial charge >= 0.3 is 6.09 Å². The minimum absolute atomic E-state index is 0.213. The molecule has 3 rings (SSSR count). The number of nitrogens with zero attached hydrogens (tertiary/aromatic N) is 1. The molecule has 0 heterocycles. The molecule has 2 aromatic rings. The number of ether oxygens (including phenoxy) is 2. The normalized spacial score (nSPS) is 15.1. The van der Waals surface area contributed by atoms with Crippen molar-refractivity contribution in [1.82, 2.24) is 10.2 Å². The molecule has 1 aliphatic rings. The molecule has 0 saturated heterocycles. The van der Waals surface area contributed by atoms with E-state index < -0.39 is 42.2 Å². The minimum Gasteiger partial charge on any atom is -0.497 e. The van der Waals surface area contributed by atoms with E-state index in [0.29, 0.717) is 29.8 Å². The smallest absolute Gasteiger partial charge is 0.408 e. The zero-order valence-corrected chi connectivity index (χ0v) is 22.1. The second-order valence-corrected chi connectivity index (χ2v) is 10.2. The van der Waals surface area contributed by atoms with Crippen LogP contribution in [0.2, 0.25) is 0 Å². The predicted molar refractivity (Wildman–Crippen MR) is 140 cm³/mol. The predicted octanol–water partition coefficient (Wildman–Crippen LogP) is 3.95. The molecule has 3 amide bonds. The highest BCUT2D eigenvalue weighted by Crippen LogP contribution is 2.34. The van der Waals surface area contributed by atoms with Crippen LogP contribution in [-0.4, -0.2) is 59.3 Å². The Morgan fingerprint density at radius 3 is 2.16 bits per heavy atom. The number of amides is 3. The number of aryl methyl sites for hydroxylation is 1. The second kappa shape index (κ2) is 12.1. The van der Waals surface area contributed by atoms with E-state index in [-0.39, 0.29) is 6.04 Å². The first-order chi connectivity index (χ1) is 17.5. The number of aliphatic hydroxyl groups excluding tert-OH is 1. The topological polar surface area (TPSA) is 117 Å². The zero-order chi connectivity index (χ0) is 27.2. The Labute approximate surface area is 218 Å². The summed E-state index contributed by atoms with van der Waals surface area (Å²) in [5.41, 5.74) is 1.42. The molecule has 0 radical (unpaired) electrons. The number of hydrogen-bond donors (Lipinski definition) is 3. The zero-order valence-electron chi connectivity index (χ0n) is 22.1. The summed E-state index contributed by atoms with van der Waals surface area (Å²) in [5, 5.41) is 15.4. The first kappa shape index (κ1) is 28.0. The monoisotopic (exact) mass is 511 g/mol. The van der Waals surface area contributed by atoms with Gasteiger partial charge in [0.15, 0.2) is 0 Å². The number of rotatable bonds is 9. The summed E-state index contributed by atoms with van der Waals surface area (Å²) in [4.78, 5) is 41.5. The van der Waals surface area contributed by atoms with Gasteiger partial charge in [-0.2, -0.15) is 0 Å². The molecule has 0 aliphatic heterocycles. The van der Waals surface area contributed by atoms with E-state index in [1.807, 2.05) is 31.2 Å². The molecule has 3 N–H and O–H groups in total. The lowest BCUT2D eigenvalue weighted by Crippen LogP contribution is -2.58. The van der Waals surface area contributed by atoms with Crippen LogP contribution < -0.4 is 15.4 Å². The largest absolute Gasteiger partial charge is 0.497 e. The number of alkyl carbamates (subject to hydrolysis) is 1. The van der Waals surface area contributed by atoms with Gasteiger partial charge in [0.05, 0.1) is 13.7 Å². The van der Waals surface area contributed by atoms with Gasteiger partial charge in [0.2, 0.25) is 5.91 Å². The molecular weight excluding hydrogens is 474 g/mol. The molecular formula is C28H37N3O6. The maximum absolute atomic E-state index is 13.8. The molecule has 2 aromatic carbocycles. The molecule has 9 nitrogen and oxygen atoms in total. The van der Waals surface area contributed by atoms with Gasteiger partial charge < -0.3 is 30.1 Å². The third-order valence-electron chi connectivity index (χ3n) is 6.17. The lowest BCUT2D eigenvalue weighted by atomic mass is 9.88. The fraction of sp³-hybridized carbons (Fsp3) is 0.464. The van der Waals surface area contributed by atoms with E-state index in [1.165, 1.54) is 4.90 Å². The van der Waals surface area contributed by atoms with Crippen molar-refractivity contribution in [3.63, 3.8) is 0 Å². The van der Waals surface area contributed by atoms with Gasteiger partial charge in [-0.15, -0.1) is 0 Å². The minimum atomic E-state index is -1.27. The number of anilines is 1. The number of carbonyl (C=O) groups excluding carboxylic acids is 3. The number of hydrogen-bond acceptors (Lipinski definition) is 6. The van der Waals surface area contributed by atoms with E-state index in [1.54, 1.807) is 52.1 Å². The number of nitrogens with one attached hydrogen (secondary N) is 2. The number of carbonyl (C=O) groups is 3. The Hall–Kier alpha value is -3.59. The first-order valence-electron chi connectivity index (χ1n) is 12.5. The molecule has 0 bridgehead atoms. The highest BCUT2D eigenvalue weighted by molar-refractivity contribution is 5.99. The van der Waals surface area contributed by atoms with Gasteiger partial charge in [0.25, 0.3) is 5.91 Å². The van der Waals surface area contributed by atoms with Gasteiger partial charge in [0, 0.05) is 11.7 Å². The van der Waals surface area contributed by atoms with Crippen molar-refractivity contribution in [3.05, 3.63) is 59.7 Å². The van der Waals surface area contributed by atoms with Crippen molar-refractivity contribution in [2.45, 2.75) is 70.7 Å². The standard InChI is InChI=1S/C28H37N3O6/c1-18-9-11-19(12-10-18)24(25(33)29-20-13-15-22(36-5)16-14-20)31(21-7-6-8-21)26(34)23(17-32)30-27(35)37-28(2,3)4/h9-16,21,23-24,32H,6-8,17H2,1-5H3,(H,29,33)(H,30,35). The number of methoxy groups -OCH3 is 1. The Morgan fingerprint density at radius 1 is 1.05 bits per heavy atom. The van der Waals surface area contributed by atoms with Crippen LogP contribution in [0.25, 0.3) is 0 Å². The summed E-state index contributed by atoms with van der Waals surface area (Å²) in [6.45, 7) is 6.43. The fourth-order valence-corrected chi connectivity index (χ4v) is 4.07. The van der Waals surface area contributed by atoms with Crippen LogP contribution in [0.3, 0.4) is 0 Å². The molecule has 0 aromatic heterocycles. The maximum atomic E-state index is 13.8. The average Bonchev–Trinajstić information content (AvgIpc) is 2.81. The Morgan fingerprint density at radius 2 is 1.68 bits per heavy atom. The fourth-order valence-electron chi connectivity index (χ4n) is 4.07. The lowest BCUT2D eigenvalue weighted by molar-refractivity contribution is -0.146. The molecule has 9 heteroatoms. The molecule has 2 unspecified atom stereocenters. The third kappa shape index (κ3) is 7.45. The van der Waals surface area contributed by atoms with Crippen LogP contribution in [0.4, 0.5) is 10.5 Å². The van der Waals surface area contributed by atoms with Crippen LogP contribution in [0.15, 0.2) is 48.5 Å². The van der Waals surface area contributed by atoms with Crippen molar-refractivity contribution >= 4 is 23.6 Å².